The Morgan fingerprint density at radius 2 is 1.27 bits per heavy atom. The van der Waals surface area contributed by atoms with Gasteiger partial charge >= 0.3 is 12.1 Å². The number of carbonyl (C=O) groups excluding carboxylic acids is 3. The lowest BCUT2D eigenvalue weighted by atomic mass is 9.97. The second-order valence-corrected chi connectivity index (χ2v) is 8.39. The summed E-state index contributed by atoms with van der Waals surface area (Å²) in [6, 6.07) is 16.9. The number of rotatable bonds is 11. The zero-order valence-electron chi connectivity index (χ0n) is 19.7. The molecule has 0 radical (unpaired) electrons. The summed E-state index contributed by atoms with van der Waals surface area (Å²) >= 11 is 0. The topological polar surface area (TPSA) is 93.7 Å². The Hall–Kier alpha value is -3.35. The Morgan fingerprint density at radius 1 is 0.758 bits per heavy atom. The molecule has 2 aromatic carbocycles. The van der Waals surface area contributed by atoms with Gasteiger partial charge in [0.15, 0.2) is 0 Å². The zero-order valence-corrected chi connectivity index (χ0v) is 19.7. The van der Waals surface area contributed by atoms with Gasteiger partial charge in [-0.2, -0.15) is 0 Å². The Bertz CT molecular complexity index is 886. The molecular formula is C26H34N2O5. The summed E-state index contributed by atoms with van der Waals surface area (Å²) in [5.41, 5.74) is 1.71. The van der Waals surface area contributed by atoms with Crippen molar-refractivity contribution in [1.82, 2.24) is 10.6 Å². The van der Waals surface area contributed by atoms with Gasteiger partial charge in [-0.25, -0.2) is 9.59 Å². The van der Waals surface area contributed by atoms with Gasteiger partial charge < -0.3 is 20.1 Å². The highest BCUT2D eigenvalue weighted by atomic mass is 16.5. The van der Waals surface area contributed by atoms with Gasteiger partial charge in [0, 0.05) is 0 Å². The van der Waals surface area contributed by atoms with Gasteiger partial charge in [0.25, 0.3) is 0 Å². The van der Waals surface area contributed by atoms with E-state index in [4.69, 9.17) is 9.47 Å². The van der Waals surface area contributed by atoms with Gasteiger partial charge in [-0.3, -0.25) is 4.79 Å². The highest BCUT2D eigenvalue weighted by Gasteiger charge is 2.32. The Morgan fingerprint density at radius 3 is 1.76 bits per heavy atom. The van der Waals surface area contributed by atoms with Crippen LogP contribution in [-0.4, -0.2) is 30.1 Å². The Balaban J connectivity index is 1.98. The van der Waals surface area contributed by atoms with Crippen molar-refractivity contribution in [3.63, 3.8) is 0 Å². The van der Waals surface area contributed by atoms with Crippen LogP contribution in [0.4, 0.5) is 4.79 Å². The van der Waals surface area contributed by atoms with Crippen molar-refractivity contribution in [2.24, 2.45) is 11.8 Å². The number of ether oxygens (including phenoxy) is 2. The number of hydrogen-bond acceptors (Lipinski definition) is 5. The van der Waals surface area contributed by atoms with E-state index in [-0.39, 0.29) is 25.0 Å². The van der Waals surface area contributed by atoms with Crippen molar-refractivity contribution in [3.05, 3.63) is 71.8 Å². The highest BCUT2D eigenvalue weighted by Crippen LogP contribution is 2.12. The second-order valence-electron chi connectivity index (χ2n) is 8.39. The summed E-state index contributed by atoms with van der Waals surface area (Å²) < 4.78 is 10.7. The average molecular weight is 455 g/mol. The predicted octanol–water partition coefficient (Wildman–Crippen LogP) is 4.21. The highest BCUT2D eigenvalue weighted by molar-refractivity contribution is 5.90. The summed E-state index contributed by atoms with van der Waals surface area (Å²) in [7, 11) is 0. The molecule has 0 aliphatic heterocycles. The van der Waals surface area contributed by atoms with E-state index in [1.165, 1.54) is 0 Å². The quantitative estimate of drug-likeness (QED) is 0.496. The molecule has 7 heteroatoms. The van der Waals surface area contributed by atoms with Crippen LogP contribution in [0.1, 0.15) is 45.2 Å². The molecule has 178 valence electrons. The molecule has 0 aliphatic carbocycles. The summed E-state index contributed by atoms with van der Waals surface area (Å²) in [5, 5.41) is 5.42. The molecule has 3 atom stereocenters. The number of nitrogens with one attached hydrogen (secondary N) is 2. The SMILES string of the molecule is CCC(C)C(NC(=O)OCc1ccccc1)C(=O)NC(C(=O)OCc1ccccc1)C(C)C. The first-order valence-corrected chi connectivity index (χ1v) is 11.3. The molecule has 0 fully saturated rings. The first-order chi connectivity index (χ1) is 15.8. The zero-order chi connectivity index (χ0) is 24.2. The van der Waals surface area contributed by atoms with E-state index < -0.39 is 30.1 Å². The van der Waals surface area contributed by atoms with Crippen molar-refractivity contribution in [2.75, 3.05) is 0 Å². The Kier molecular flexibility index (Phi) is 10.4. The minimum atomic E-state index is -0.846. The smallest absolute Gasteiger partial charge is 0.408 e. The molecule has 2 amide bonds. The Labute approximate surface area is 195 Å². The van der Waals surface area contributed by atoms with Gasteiger partial charge in [0.05, 0.1) is 0 Å². The number of carbonyl (C=O) groups is 3. The van der Waals surface area contributed by atoms with Crippen molar-refractivity contribution in [2.45, 2.75) is 59.4 Å². The van der Waals surface area contributed by atoms with E-state index in [9.17, 15) is 14.4 Å². The molecule has 0 spiro atoms. The number of amides is 2. The molecule has 0 saturated heterocycles. The van der Waals surface area contributed by atoms with Crippen LogP contribution in [0.3, 0.4) is 0 Å². The van der Waals surface area contributed by atoms with Crippen LogP contribution >= 0.6 is 0 Å². The number of esters is 1. The minimum absolute atomic E-state index is 0.0992. The van der Waals surface area contributed by atoms with Gasteiger partial charge in [-0.05, 0) is 23.0 Å². The van der Waals surface area contributed by atoms with Crippen LogP contribution in [-0.2, 0) is 32.3 Å². The summed E-state index contributed by atoms with van der Waals surface area (Å²) in [6.45, 7) is 7.67. The van der Waals surface area contributed by atoms with Gasteiger partial charge in [0.2, 0.25) is 5.91 Å². The van der Waals surface area contributed by atoms with E-state index in [1.54, 1.807) is 0 Å². The first kappa shape index (κ1) is 25.9. The van der Waals surface area contributed by atoms with Crippen LogP contribution < -0.4 is 10.6 Å². The molecule has 2 rings (SSSR count). The fraction of sp³-hybridized carbons (Fsp3) is 0.423. The summed E-state index contributed by atoms with van der Waals surface area (Å²) in [6.07, 6.45) is -0.0333. The molecule has 3 unspecified atom stereocenters. The van der Waals surface area contributed by atoms with Crippen molar-refractivity contribution in [1.29, 1.82) is 0 Å². The van der Waals surface area contributed by atoms with Crippen molar-refractivity contribution >= 4 is 18.0 Å². The number of benzene rings is 2. The van der Waals surface area contributed by atoms with Gasteiger partial charge in [-0.1, -0.05) is 94.8 Å². The maximum atomic E-state index is 13.1. The minimum Gasteiger partial charge on any atom is -0.459 e. The van der Waals surface area contributed by atoms with Crippen LogP contribution in [0, 0.1) is 11.8 Å². The third kappa shape index (κ3) is 8.60. The monoisotopic (exact) mass is 454 g/mol. The lowest BCUT2D eigenvalue weighted by Crippen LogP contribution is -2.55. The van der Waals surface area contributed by atoms with Crippen LogP contribution in [0.15, 0.2) is 60.7 Å². The van der Waals surface area contributed by atoms with Crippen LogP contribution in [0.5, 0.6) is 0 Å². The van der Waals surface area contributed by atoms with E-state index >= 15 is 0 Å². The molecule has 0 heterocycles. The number of hydrogen-bond donors (Lipinski definition) is 2. The predicted molar refractivity (Wildman–Crippen MR) is 126 cm³/mol. The molecule has 0 aromatic heterocycles. The summed E-state index contributed by atoms with van der Waals surface area (Å²) in [5.74, 6) is -1.32. The number of alkyl carbamates (subject to hydrolysis) is 1. The molecule has 0 bridgehead atoms. The molecular weight excluding hydrogens is 420 g/mol. The fourth-order valence-corrected chi connectivity index (χ4v) is 3.15. The molecule has 2 aromatic rings. The maximum Gasteiger partial charge on any atom is 0.408 e. The third-order valence-electron chi connectivity index (χ3n) is 5.42. The van der Waals surface area contributed by atoms with Crippen LogP contribution in [0.2, 0.25) is 0 Å². The summed E-state index contributed by atoms with van der Waals surface area (Å²) in [4.78, 5) is 38.1. The van der Waals surface area contributed by atoms with Gasteiger partial charge in [-0.15, -0.1) is 0 Å². The molecule has 0 aliphatic rings. The van der Waals surface area contributed by atoms with Crippen molar-refractivity contribution in [3.8, 4) is 0 Å². The first-order valence-electron chi connectivity index (χ1n) is 11.3. The lowest BCUT2D eigenvalue weighted by Gasteiger charge is -2.27. The molecule has 7 nitrogen and oxygen atoms in total. The third-order valence-corrected chi connectivity index (χ3v) is 5.42. The molecule has 2 N–H and O–H groups in total. The fourth-order valence-electron chi connectivity index (χ4n) is 3.15. The maximum absolute atomic E-state index is 13.1. The lowest BCUT2D eigenvalue weighted by molar-refractivity contribution is -0.150. The van der Waals surface area contributed by atoms with Crippen LogP contribution in [0.25, 0.3) is 0 Å². The van der Waals surface area contributed by atoms with E-state index in [0.29, 0.717) is 6.42 Å². The average Bonchev–Trinajstić information content (AvgIpc) is 2.83. The molecule has 0 saturated carbocycles. The molecule has 33 heavy (non-hydrogen) atoms. The van der Waals surface area contributed by atoms with Gasteiger partial charge in [0.1, 0.15) is 25.3 Å². The van der Waals surface area contributed by atoms with Crippen molar-refractivity contribution < 1.29 is 23.9 Å². The normalized spacial score (nSPS) is 13.5. The van der Waals surface area contributed by atoms with E-state index in [2.05, 4.69) is 10.6 Å². The standard InChI is InChI=1S/C26H34N2O5/c1-5-19(4)23(28-26(31)33-17-21-14-10-7-11-15-21)24(29)27-22(18(2)3)25(30)32-16-20-12-8-6-9-13-20/h6-15,18-19,22-23H,5,16-17H2,1-4H3,(H,27,29)(H,28,31). The largest absolute Gasteiger partial charge is 0.459 e. The van der Waals surface area contributed by atoms with E-state index in [0.717, 1.165) is 11.1 Å². The van der Waals surface area contributed by atoms with E-state index in [1.807, 2.05) is 88.4 Å². The second kappa shape index (κ2) is 13.3.